The molecule has 0 unspecified atom stereocenters. The first-order valence-corrected chi connectivity index (χ1v) is 10.8. The number of carbonyl (C=O) groups is 1. The Morgan fingerprint density at radius 2 is 2.26 bits per heavy atom. The SMILES string of the molecule is CCCn1c(SCC(=O)Nc2sccc2C#N)nc2ccc(Br)cc2c1=O. The average molecular weight is 463 g/mol. The average Bonchev–Trinajstić information content (AvgIpc) is 3.10. The standard InChI is InChI=1S/C18H15BrN4O2S2/c1-2-6-23-17(25)13-8-12(19)3-4-14(13)21-18(23)27-10-15(24)22-16-11(9-20)5-7-26-16/h3-5,7-8H,2,6,10H2,1H3,(H,22,24). The molecule has 1 amide bonds. The van der Waals surface area contributed by atoms with Gasteiger partial charge in [0.15, 0.2) is 5.16 Å². The summed E-state index contributed by atoms with van der Waals surface area (Å²) in [5.41, 5.74) is 0.926. The van der Waals surface area contributed by atoms with E-state index in [1.54, 1.807) is 28.1 Å². The highest BCUT2D eigenvalue weighted by molar-refractivity contribution is 9.10. The van der Waals surface area contributed by atoms with Gasteiger partial charge in [-0.05, 0) is 36.1 Å². The van der Waals surface area contributed by atoms with Crippen LogP contribution in [0.2, 0.25) is 0 Å². The lowest BCUT2D eigenvalue weighted by Crippen LogP contribution is -2.24. The molecule has 0 saturated carbocycles. The van der Waals surface area contributed by atoms with Crippen molar-refractivity contribution in [2.75, 3.05) is 11.1 Å². The number of rotatable bonds is 6. The summed E-state index contributed by atoms with van der Waals surface area (Å²) in [4.78, 5) is 29.7. The Hall–Kier alpha value is -2.15. The second-order valence-electron chi connectivity index (χ2n) is 5.62. The van der Waals surface area contributed by atoms with E-state index in [0.717, 1.165) is 10.9 Å². The lowest BCUT2D eigenvalue weighted by atomic mass is 10.2. The van der Waals surface area contributed by atoms with Gasteiger partial charge in [-0.1, -0.05) is 34.6 Å². The summed E-state index contributed by atoms with van der Waals surface area (Å²) in [6, 6.07) is 9.08. The minimum absolute atomic E-state index is 0.0982. The number of carbonyl (C=O) groups excluding carboxylic acids is 1. The van der Waals surface area contributed by atoms with Crippen molar-refractivity contribution in [3.63, 3.8) is 0 Å². The van der Waals surface area contributed by atoms with E-state index in [2.05, 4.69) is 26.2 Å². The lowest BCUT2D eigenvalue weighted by Gasteiger charge is -2.12. The van der Waals surface area contributed by atoms with Crippen LogP contribution in [0.3, 0.4) is 0 Å². The van der Waals surface area contributed by atoms with Gasteiger partial charge in [0.05, 0.1) is 22.2 Å². The minimum Gasteiger partial charge on any atom is -0.316 e. The maximum Gasteiger partial charge on any atom is 0.262 e. The third kappa shape index (κ3) is 4.40. The molecule has 0 saturated heterocycles. The molecule has 138 valence electrons. The van der Waals surface area contributed by atoms with Crippen molar-refractivity contribution in [2.45, 2.75) is 25.0 Å². The van der Waals surface area contributed by atoms with E-state index in [1.807, 2.05) is 19.1 Å². The molecule has 0 aliphatic carbocycles. The Morgan fingerprint density at radius 3 is 3.00 bits per heavy atom. The van der Waals surface area contributed by atoms with E-state index in [-0.39, 0.29) is 17.2 Å². The van der Waals surface area contributed by atoms with Gasteiger partial charge in [0.2, 0.25) is 5.91 Å². The molecule has 0 fully saturated rings. The smallest absolute Gasteiger partial charge is 0.262 e. The number of hydrogen-bond donors (Lipinski definition) is 1. The lowest BCUT2D eigenvalue weighted by molar-refractivity contribution is -0.113. The van der Waals surface area contributed by atoms with Crippen LogP contribution >= 0.6 is 39.0 Å². The van der Waals surface area contributed by atoms with E-state index >= 15 is 0 Å². The Bertz CT molecular complexity index is 1100. The largest absolute Gasteiger partial charge is 0.316 e. The van der Waals surface area contributed by atoms with Crippen LogP contribution in [0.5, 0.6) is 0 Å². The molecule has 0 spiro atoms. The van der Waals surface area contributed by atoms with Crippen molar-refractivity contribution in [3.8, 4) is 6.07 Å². The van der Waals surface area contributed by atoms with E-state index in [1.165, 1.54) is 23.1 Å². The number of nitriles is 1. The number of amides is 1. The van der Waals surface area contributed by atoms with Crippen molar-refractivity contribution in [1.29, 1.82) is 5.26 Å². The fourth-order valence-electron chi connectivity index (χ4n) is 2.49. The molecule has 3 aromatic rings. The van der Waals surface area contributed by atoms with Crippen molar-refractivity contribution >= 4 is 60.8 Å². The van der Waals surface area contributed by atoms with Gasteiger partial charge in [0, 0.05) is 11.0 Å². The number of anilines is 1. The maximum atomic E-state index is 12.8. The molecule has 2 aromatic heterocycles. The summed E-state index contributed by atoms with van der Waals surface area (Å²) >= 11 is 5.90. The van der Waals surface area contributed by atoms with Crippen molar-refractivity contribution < 1.29 is 4.79 Å². The number of hydrogen-bond acceptors (Lipinski definition) is 6. The molecule has 2 heterocycles. The number of benzene rings is 1. The van der Waals surface area contributed by atoms with Crippen molar-refractivity contribution in [1.82, 2.24) is 9.55 Å². The van der Waals surface area contributed by atoms with Crippen molar-refractivity contribution in [2.24, 2.45) is 0 Å². The van der Waals surface area contributed by atoms with Gasteiger partial charge in [-0.3, -0.25) is 14.2 Å². The summed E-state index contributed by atoms with van der Waals surface area (Å²) in [5, 5.41) is 15.1. The maximum absolute atomic E-state index is 12.8. The van der Waals surface area contributed by atoms with Gasteiger partial charge in [-0.15, -0.1) is 11.3 Å². The molecule has 0 atom stereocenters. The van der Waals surface area contributed by atoms with Gasteiger partial charge < -0.3 is 5.32 Å². The quantitative estimate of drug-likeness (QED) is 0.437. The molecule has 9 heteroatoms. The molecule has 0 aliphatic heterocycles. The highest BCUT2D eigenvalue weighted by atomic mass is 79.9. The number of thiophene rings is 1. The highest BCUT2D eigenvalue weighted by Gasteiger charge is 2.14. The van der Waals surface area contributed by atoms with Crippen LogP contribution < -0.4 is 10.9 Å². The molecule has 1 aromatic carbocycles. The Labute approximate surface area is 172 Å². The van der Waals surface area contributed by atoms with E-state index < -0.39 is 0 Å². The van der Waals surface area contributed by atoms with Crippen molar-refractivity contribution in [3.05, 3.63) is 50.0 Å². The van der Waals surface area contributed by atoms with Crippen LogP contribution in [0.4, 0.5) is 5.00 Å². The van der Waals surface area contributed by atoms with Gasteiger partial charge in [0.1, 0.15) is 11.1 Å². The fraction of sp³-hybridized carbons (Fsp3) is 0.222. The molecule has 0 bridgehead atoms. The summed E-state index contributed by atoms with van der Waals surface area (Å²) < 4.78 is 2.43. The topological polar surface area (TPSA) is 87.8 Å². The number of halogens is 1. The third-order valence-corrected chi connectivity index (χ3v) is 6.00. The summed E-state index contributed by atoms with van der Waals surface area (Å²) in [5.74, 6) is -0.145. The number of thioether (sulfide) groups is 1. The van der Waals surface area contributed by atoms with Crippen LogP contribution in [-0.2, 0) is 11.3 Å². The molecule has 3 rings (SSSR count). The number of nitrogens with one attached hydrogen (secondary N) is 1. The zero-order valence-corrected chi connectivity index (χ0v) is 17.6. The summed E-state index contributed by atoms with van der Waals surface area (Å²) in [6.07, 6.45) is 0.779. The fourth-order valence-corrected chi connectivity index (χ4v) is 4.43. The number of aromatic nitrogens is 2. The van der Waals surface area contributed by atoms with Gasteiger partial charge in [-0.25, -0.2) is 4.98 Å². The summed E-state index contributed by atoms with van der Waals surface area (Å²) in [7, 11) is 0. The number of fused-ring (bicyclic) bond motifs is 1. The first-order chi connectivity index (χ1) is 13.0. The zero-order valence-electron chi connectivity index (χ0n) is 14.4. The molecule has 6 nitrogen and oxygen atoms in total. The van der Waals surface area contributed by atoms with Crippen LogP contribution in [0.1, 0.15) is 18.9 Å². The first kappa shape index (κ1) is 19.6. The van der Waals surface area contributed by atoms with Crippen LogP contribution in [-0.4, -0.2) is 21.2 Å². The molecule has 0 radical (unpaired) electrons. The van der Waals surface area contributed by atoms with Gasteiger partial charge >= 0.3 is 0 Å². The molecule has 0 aliphatic rings. The van der Waals surface area contributed by atoms with Crippen LogP contribution in [0.15, 0.2) is 44.1 Å². The van der Waals surface area contributed by atoms with Gasteiger partial charge in [-0.2, -0.15) is 5.26 Å². The molecular formula is C18H15BrN4O2S2. The molecule has 1 N–H and O–H groups in total. The molecular weight excluding hydrogens is 448 g/mol. The van der Waals surface area contributed by atoms with Crippen LogP contribution in [0.25, 0.3) is 10.9 Å². The Kier molecular flexibility index (Phi) is 6.31. The molecule has 27 heavy (non-hydrogen) atoms. The normalized spacial score (nSPS) is 10.7. The third-order valence-electron chi connectivity index (χ3n) is 3.70. The predicted molar refractivity (Wildman–Crippen MR) is 112 cm³/mol. The van der Waals surface area contributed by atoms with E-state index in [9.17, 15) is 9.59 Å². The Balaban J connectivity index is 1.84. The first-order valence-electron chi connectivity index (χ1n) is 8.13. The number of nitrogens with zero attached hydrogens (tertiary/aromatic N) is 3. The predicted octanol–water partition coefficient (Wildman–Crippen LogP) is 4.23. The second kappa shape index (κ2) is 8.69. The van der Waals surface area contributed by atoms with Gasteiger partial charge in [0.25, 0.3) is 5.56 Å². The monoisotopic (exact) mass is 462 g/mol. The summed E-state index contributed by atoms with van der Waals surface area (Å²) in [6.45, 7) is 2.51. The minimum atomic E-state index is -0.243. The van der Waals surface area contributed by atoms with E-state index in [0.29, 0.717) is 33.2 Å². The highest BCUT2D eigenvalue weighted by Crippen LogP contribution is 2.24. The Morgan fingerprint density at radius 1 is 1.44 bits per heavy atom. The van der Waals surface area contributed by atoms with E-state index in [4.69, 9.17) is 5.26 Å². The van der Waals surface area contributed by atoms with Crippen LogP contribution in [0, 0.1) is 11.3 Å². The zero-order chi connectivity index (χ0) is 19.4. The second-order valence-corrected chi connectivity index (χ2v) is 8.40.